The number of para-hydroxylation sites is 2. The highest BCUT2D eigenvalue weighted by atomic mass is 31.1. The van der Waals surface area contributed by atoms with E-state index in [1.807, 2.05) is 0 Å². The zero-order valence-corrected chi connectivity index (χ0v) is 17.3. The van der Waals surface area contributed by atoms with Gasteiger partial charge in [-0.1, -0.05) is 36.4 Å². The lowest BCUT2D eigenvalue weighted by Crippen LogP contribution is -2.25. The van der Waals surface area contributed by atoms with Gasteiger partial charge in [0, 0.05) is 10.6 Å². The van der Waals surface area contributed by atoms with E-state index in [4.69, 9.17) is 9.47 Å². The normalized spacial score (nSPS) is 12.2. The predicted molar refractivity (Wildman–Crippen MR) is 108 cm³/mol. The summed E-state index contributed by atoms with van der Waals surface area (Å²) >= 11 is 0. The Labute approximate surface area is 176 Å². The third-order valence-electron chi connectivity index (χ3n) is 4.48. The number of halogens is 6. The molecule has 0 amide bonds. The zero-order valence-electron chi connectivity index (χ0n) is 16.4. The van der Waals surface area contributed by atoms with Gasteiger partial charge in [0.15, 0.2) is 0 Å². The fourth-order valence-electron chi connectivity index (χ4n) is 3.10. The molecule has 0 aliphatic carbocycles. The Bertz CT molecular complexity index is 983. The Kier molecular flexibility index (Phi) is 6.51. The largest absolute Gasteiger partial charge is 0.496 e. The highest BCUT2D eigenvalue weighted by molar-refractivity contribution is 7.80. The summed E-state index contributed by atoms with van der Waals surface area (Å²) in [5, 5.41) is 0.819. The molecule has 31 heavy (non-hydrogen) atoms. The summed E-state index contributed by atoms with van der Waals surface area (Å²) in [5.41, 5.74) is -2.73. The van der Waals surface area contributed by atoms with Crippen LogP contribution in [-0.2, 0) is 12.4 Å². The zero-order chi connectivity index (χ0) is 22.8. The Morgan fingerprint density at radius 2 is 1.00 bits per heavy atom. The molecule has 0 radical (unpaired) electrons. The van der Waals surface area contributed by atoms with Gasteiger partial charge in [0.05, 0.1) is 25.3 Å². The van der Waals surface area contributed by atoms with Gasteiger partial charge in [-0.2, -0.15) is 26.3 Å². The van der Waals surface area contributed by atoms with Crippen LogP contribution < -0.4 is 25.4 Å². The first-order valence-electron chi connectivity index (χ1n) is 8.92. The average molecular weight is 458 g/mol. The Morgan fingerprint density at radius 3 is 1.35 bits per heavy atom. The van der Waals surface area contributed by atoms with Gasteiger partial charge in [-0.25, -0.2) is 0 Å². The number of rotatable bonds is 5. The smallest absolute Gasteiger partial charge is 0.416 e. The fourth-order valence-corrected chi connectivity index (χ4v) is 5.70. The van der Waals surface area contributed by atoms with Crippen molar-refractivity contribution < 1.29 is 35.8 Å². The first kappa shape index (κ1) is 22.9. The molecule has 0 aromatic heterocycles. The number of hydrogen-bond acceptors (Lipinski definition) is 2. The van der Waals surface area contributed by atoms with E-state index < -0.39 is 31.4 Å². The molecule has 0 saturated carbocycles. The summed E-state index contributed by atoms with van der Waals surface area (Å²) in [7, 11) is 0.905. The summed E-state index contributed by atoms with van der Waals surface area (Å²) < 4.78 is 91.7. The third-order valence-corrected chi connectivity index (χ3v) is 6.96. The van der Waals surface area contributed by atoms with Crippen LogP contribution in [0.2, 0.25) is 0 Å². The molecule has 0 atom stereocenters. The highest BCUT2D eigenvalue weighted by Crippen LogP contribution is 2.43. The van der Waals surface area contributed by atoms with Crippen molar-refractivity contribution in [2.24, 2.45) is 0 Å². The quantitative estimate of drug-likeness (QED) is 0.372. The van der Waals surface area contributed by atoms with Gasteiger partial charge in [-0.3, -0.25) is 0 Å². The second-order valence-electron chi connectivity index (χ2n) is 6.44. The second kappa shape index (κ2) is 8.79. The lowest BCUT2D eigenvalue weighted by atomic mass is 10.1. The maximum absolute atomic E-state index is 13.5. The van der Waals surface area contributed by atoms with Crippen LogP contribution >= 0.6 is 7.92 Å². The molecule has 0 saturated heterocycles. The van der Waals surface area contributed by atoms with E-state index in [0.29, 0.717) is 22.1 Å². The van der Waals surface area contributed by atoms with Crippen LogP contribution in [0.1, 0.15) is 11.1 Å². The topological polar surface area (TPSA) is 18.5 Å². The molecule has 164 valence electrons. The molecule has 9 heteroatoms. The van der Waals surface area contributed by atoms with Crippen molar-refractivity contribution in [2.75, 3.05) is 14.2 Å². The molecule has 0 aliphatic heterocycles. The Balaban J connectivity index is 2.38. The van der Waals surface area contributed by atoms with Crippen molar-refractivity contribution >= 4 is 23.8 Å². The standard InChI is InChI=1S/C22H17F6O2P/c1-29-17-7-3-5-9-19(17)31(20-10-6-4-8-18(20)30-2)16-12-14(21(23,24)25)11-15(13-16)22(26,27)28/h3-13H,1-2H3. The minimum absolute atomic E-state index is 0.119. The molecule has 0 fully saturated rings. The molecular weight excluding hydrogens is 441 g/mol. The van der Waals surface area contributed by atoms with E-state index in [9.17, 15) is 26.3 Å². The molecule has 0 heterocycles. The van der Waals surface area contributed by atoms with E-state index in [1.54, 1.807) is 48.5 Å². The number of alkyl halides is 6. The third kappa shape index (κ3) is 4.96. The highest BCUT2D eigenvalue weighted by Gasteiger charge is 2.38. The molecular formula is C22H17F6O2P. The molecule has 2 nitrogen and oxygen atoms in total. The second-order valence-corrected chi connectivity index (χ2v) is 8.59. The average Bonchev–Trinajstić information content (AvgIpc) is 2.73. The lowest BCUT2D eigenvalue weighted by Gasteiger charge is -2.25. The molecule has 3 aromatic rings. The van der Waals surface area contributed by atoms with Gasteiger partial charge in [0.1, 0.15) is 11.5 Å². The van der Waals surface area contributed by atoms with Crippen molar-refractivity contribution in [1.82, 2.24) is 0 Å². The van der Waals surface area contributed by atoms with Crippen LogP contribution in [0.3, 0.4) is 0 Å². The van der Waals surface area contributed by atoms with Crippen LogP contribution in [0.4, 0.5) is 26.3 Å². The monoisotopic (exact) mass is 458 g/mol. The molecule has 3 aromatic carbocycles. The maximum Gasteiger partial charge on any atom is 0.416 e. The number of methoxy groups -OCH3 is 2. The summed E-state index contributed by atoms with van der Waals surface area (Å²) in [6.45, 7) is 0. The summed E-state index contributed by atoms with van der Waals surface area (Å²) in [5.74, 6) is 0.705. The molecule has 0 spiro atoms. The minimum atomic E-state index is -4.95. The van der Waals surface area contributed by atoms with Crippen LogP contribution in [0.15, 0.2) is 66.7 Å². The van der Waals surface area contributed by atoms with Gasteiger partial charge < -0.3 is 9.47 Å². The van der Waals surface area contributed by atoms with Gasteiger partial charge in [0.25, 0.3) is 0 Å². The lowest BCUT2D eigenvalue weighted by molar-refractivity contribution is -0.142. The van der Waals surface area contributed by atoms with E-state index in [-0.39, 0.29) is 11.4 Å². The molecule has 0 unspecified atom stereocenters. The molecule has 0 aliphatic rings. The number of hydrogen-bond donors (Lipinski definition) is 0. The SMILES string of the molecule is COc1ccccc1P(c1cc(C(F)(F)F)cc(C(F)(F)F)c1)c1ccccc1OC. The van der Waals surface area contributed by atoms with Crippen molar-refractivity contribution in [3.05, 3.63) is 77.9 Å². The summed E-state index contributed by atoms with van der Waals surface area (Å²) in [4.78, 5) is 0. The predicted octanol–water partition coefficient (Wildman–Crippen LogP) is 5.50. The number of ether oxygens (including phenoxy) is 2. The van der Waals surface area contributed by atoms with Gasteiger partial charge in [0.2, 0.25) is 0 Å². The van der Waals surface area contributed by atoms with E-state index in [1.165, 1.54) is 14.2 Å². The van der Waals surface area contributed by atoms with Gasteiger partial charge in [-0.05, 0) is 43.6 Å². The maximum atomic E-state index is 13.5. The van der Waals surface area contributed by atoms with Gasteiger partial charge >= 0.3 is 12.4 Å². The van der Waals surface area contributed by atoms with Crippen molar-refractivity contribution in [1.29, 1.82) is 0 Å². The fraction of sp³-hybridized carbons (Fsp3) is 0.182. The van der Waals surface area contributed by atoms with Gasteiger partial charge in [-0.15, -0.1) is 0 Å². The Morgan fingerprint density at radius 1 is 0.613 bits per heavy atom. The van der Waals surface area contributed by atoms with Crippen molar-refractivity contribution in [2.45, 2.75) is 12.4 Å². The molecule has 0 bridgehead atoms. The van der Waals surface area contributed by atoms with Crippen LogP contribution in [-0.4, -0.2) is 14.2 Å². The minimum Gasteiger partial charge on any atom is -0.496 e. The summed E-state index contributed by atoms with van der Waals surface area (Å²) in [6.07, 6.45) is -9.89. The van der Waals surface area contributed by atoms with E-state index in [0.717, 1.165) is 12.1 Å². The molecule has 3 rings (SSSR count). The van der Waals surface area contributed by atoms with Crippen LogP contribution in [0, 0.1) is 0 Å². The first-order chi connectivity index (χ1) is 14.6. The van der Waals surface area contributed by atoms with Crippen molar-refractivity contribution in [3.63, 3.8) is 0 Å². The van der Waals surface area contributed by atoms with E-state index in [2.05, 4.69) is 0 Å². The first-order valence-corrected chi connectivity index (χ1v) is 10.3. The Hall–Kier alpha value is -2.73. The van der Waals surface area contributed by atoms with Crippen molar-refractivity contribution in [3.8, 4) is 11.5 Å². The van der Waals surface area contributed by atoms with Crippen LogP contribution in [0.25, 0.3) is 0 Å². The summed E-state index contributed by atoms with van der Waals surface area (Å²) in [6, 6.07) is 14.8. The molecule has 0 N–H and O–H groups in total. The number of benzene rings is 3. The van der Waals surface area contributed by atoms with Crippen LogP contribution in [0.5, 0.6) is 11.5 Å². The van der Waals surface area contributed by atoms with E-state index >= 15 is 0 Å².